The molecule has 1 aliphatic carbocycles. The van der Waals surface area contributed by atoms with Crippen LogP contribution in [0.5, 0.6) is 0 Å². The van der Waals surface area contributed by atoms with Crippen LogP contribution < -0.4 is 5.73 Å². The molecule has 3 nitrogen and oxygen atoms in total. The summed E-state index contributed by atoms with van der Waals surface area (Å²) in [5, 5.41) is 0. The normalized spacial score (nSPS) is 16.8. The number of rotatable bonds is 1. The van der Waals surface area contributed by atoms with E-state index in [0.717, 1.165) is 5.69 Å². The van der Waals surface area contributed by atoms with E-state index in [1.165, 1.54) is 12.8 Å². The number of anilines is 1. The van der Waals surface area contributed by atoms with Gasteiger partial charge in [0, 0.05) is 12.0 Å². The lowest BCUT2D eigenvalue weighted by Gasteiger charge is -1.98. The molecule has 0 saturated heterocycles. The van der Waals surface area contributed by atoms with E-state index in [4.69, 9.17) is 5.73 Å². The number of nitrogens with zero attached hydrogens (tertiary/aromatic N) is 2. The molecule has 0 unspecified atom stereocenters. The zero-order valence-electron chi connectivity index (χ0n) is 5.92. The van der Waals surface area contributed by atoms with E-state index in [1.54, 1.807) is 0 Å². The van der Waals surface area contributed by atoms with Crippen LogP contribution in [-0.4, -0.2) is 9.97 Å². The predicted octanol–water partition coefficient (Wildman–Crippen LogP) is 1.70. The maximum atomic E-state index is 5.54. The molecule has 2 rings (SSSR count). The maximum Gasteiger partial charge on any atom is 0.198 e. The zero-order valence-corrected chi connectivity index (χ0v) is 7.50. The van der Waals surface area contributed by atoms with Crippen molar-refractivity contribution < 1.29 is 0 Å². The topological polar surface area (TPSA) is 51.8 Å². The van der Waals surface area contributed by atoms with Crippen LogP contribution in [0.2, 0.25) is 0 Å². The van der Waals surface area contributed by atoms with Crippen molar-refractivity contribution in [2.45, 2.75) is 18.8 Å². The molecule has 0 aliphatic heterocycles. The fraction of sp³-hybridized carbons (Fsp3) is 0.429. The highest BCUT2D eigenvalue weighted by Gasteiger charge is 2.25. The molecule has 2 N–H and O–H groups in total. The monoisotopic (exact) mass is 213 g/mol. The minimum absolute atomic E-state index is 0.550. The molecule has 0 bridgehead atoms. The van der Waals surface area contributed by atoms with Gasteiger partial charge in [-0.2, -0.15) is 0 Å². The highest BCUT2D eigenvalue weighted by molar-refractivity contribution is 9.10. The van der Waals surface area contributed by atoms with Crippen LogP contribution in [0.15, 0.2) is 10.8 Å². The molecule has 1 aromatic rings. The number of hydrogen-bond acceptors (Lipinski definition) is 3. The fourth-order valence-electron chi connectivity index (χ4n) is 1.04. The summed E-state index contributed by atoms with van der Waals surface area (Å²) < 4.78 is 0.597. The van der Waals surface area contributed by atoms with Crippen molar-refractivity contribution in [3.05, 3.63) is 16.5 Å². The van der Waals surface area contributed by atoms with Crippen LogP contribution in [0, 0.1) is 0 Å². The van der Waals surface area contributed by atoms with Gasteiger partial charge in [0.15, 0.2) is 4.73 Å². The second kappa shape index (κ2) is 2.44. The van der Waals surface area contributed by atoms with Crippen LogP contribution in [0.1, 0.15) is 24.5 Å². The molecule has 1 aromatic heterocycles. The first-order valence-electron chi connectivity index (χ1n) is 3.55. The second-order valence-electron chi connectivity index (χ2n) is 2.76. The van der Waals surface area contributed by atoms with Crippen LogP contribution >= 0.6 is 15.9 Å². The molecule has 1 aliphatic rings. The Bertz CT molecular complexity index is 263. The van der Waals surface area contributed by atoms with Crippen LogP contribution in [0.3, 0.4) is 0 Å². The highest BCUT2D eigenvalue weighted by Crippen LogP contribution is 2.39. The van der Waals surface area contributed by atoms with Crippen molar-refractivity contribution in [1.82, 2.24) is 9.97 Å². The minimum atomic E-state index is 0.550. The average Bonchev–Trinajstić information content (AvgIpc) is 2.64. The Morgan fingerprint density at radius 3 is 2.73 bits per heavy atom. The zero-order chi connectivity index (χ0) is 7.84. The molecule has 1 fully saturated rings. The lowest BCUT2D eigenvalue weighted by atomic mass is 10.3. The third kappa shape index (κ3) is 1.50. The van der Waals surface area contributed by atoms with Gasteiger partial charge in [0.05, 0.1) is 5.69 Å². The largest absolute Gasteiger partial charge is 0.384 e. The van der Waals surface area contributed by atoms with E-state index in [9.17, 15) is 0 Å². The first-order valence-corrected chi connectivity index (χ1v) is 4.35. The van der Waals surface area contributed by atoms with E-state index in [0.29, 0.717) is 16.5 Å². The van der Waals surface area contributed by atoms with Crippen LogP contribution in [0.25, 0.3) is 0 Å². The van der Waals surface area contributed by atoms with Gasteiger partial charge in [0.1, 0.15) is 5.82 Å². The first kappa shape index (κ1) is 7.03. The van der Waals surface area contributed by atoms with E-state index in [2.05, 4.69) is 25.9 Å². The minimum Gasteiger partial charge on any atom is -0.384 e. The lowest BCUT2D eigenvalue weighted by Crippen LogP contribution is -1.96. The third-order valence-electron chi connectivity index (χ3n) is 1.73. The molecular weight excluding hydrogens is 206 g/mol. The van der Waals surface area contributed by atoms with Crippen molar-refractivity contribution >= 4 is 21.7 Å². The van der Waals surface area contributed by atoms with Gasteiger partial charge in [0.2, 0.25) is 0 Å². The summed E-state index contributed by atoms with van der Waals surface area (Å²) in [6.45, 7) is 0. The van der Waals surface area contributed by atoms with Crippen molar-refractivity contribution in [1.29, 1.82) is 0 Å². The molecule has 11 heavy (non-hydrogen) atoms. The number of nitrogen functional groups attached to an aromatic ring is 1. The van der Waals surface area contributed by atoms with E-state index in [1.807, 2.05) is 6.07 Å². The van der Waals surface area contributed by atoms with Gasteiger partial charge in [-0.1, -0.05) is 0 Å². The van der Waals surface area contributed by atoms with Gasteiger partial charge in [-0.25, -0.2) is 9.97 Å². The van der Waals surface area contributed by atoms with E-state index < -0.39 is 0 Å². The summed E-state index contributed by atoms with van der Waals surface area (Å²) >= 11 is 3.21. The standard InChI is InChI=1S/C7H8BrN3/c8-7-10-5(4-1-2-4)3-6(9)11-7/h3-4H,1-2H2,(H2,9,10,11). The smallest absolute Gasteiger partial charge is 0.198 e. The van der Waals surface area contributed by atoms with Gasteiger partial charge in [-0.15, -0.1) is 0 Å². The summed E-state index contributed by atoms with van der Waals surface area (Å²) in [5.74, 6) is 1.19. The number of nitrogens with two attached hydrogens (primary N) is 1. The molecule has 0 spiro atoms. The van der Waals surface area contributed by atoms with Gasteiger partial charge in [-0.3, -0.25) is 0 Å². The van der Waals surface area contributed by atoms with Crippen molar-refractivity contribution in [2.75, 3.05) is 5.73 Å². The quantitative estimate of drug-likeness (QED) is 0.723. The number of aromatic nitrogens is 2. The van der Waals surface area contributed by atoms with Crippen molar-refractivity contribution in [3.63, 3.8) is 0 Å². The Morgan fingerprint density at radius 1 is 1.45 bits per heavy atom. The summed E-state index contributed by atoms with van der Waals surface area (Å²) in [5.41, 5.74) is 6.62. The Morgan fingerprint density at radius 2 is 2.18 bits per heavy atom. The Hall–Kier alpha value is -0.640. The van der Waals surface area contributed by atoms with Gasteiger partial charge < -0.3 is 5.73 Å². The van der Waals surface area contributed by atoms with Gasteiger partial charge >= 0.3 is 0 Å². The molecule has 0 radical (unpaired) electrons. The molecule has 0 atom stereocenters. The molecule has 1 heterocycles. The molecule has 0 amide bonds. The SMILES string of the molecule is Nc1cc(C2CC2)nc(Br)n1. The van der Waals surface area contributed by atoms with E-state index >= 15 is 0 Å². The number of halogens is 1. The van der Waals surface area contributed by atoms with Crippen molar-refractivity contribution in [2.24, 2.45) is 0 Å². The summed E-state index contributed by atoms with van der Waals surface area (Å²) in [7, 11) is 0. The highest BCUT2D eigenvalue weighted by atomic mass is 79.9. The Kier molecular flexibility index (Phi) is 1.56. The average molecular weight is 214 g/mol. The summed E-state index contributed by atoms with van der Waals surface area (Å²) in [4.78, 5) is 8.15. The fourth-order valence-corrected chi connectivity index (χ4v) is 1.45. The lowest BCUT2D eigenvalue weighted by molar-refractivity contribution is 0.968. The molecule has 4 heteroatoms. The van der Waals surface area contributed by atoms with Gasteiger partial charge in [0.25, 0.3) is 0 Å². The maximum absolute atomic E-state index is 5.54. The molecule has 58 valence electrons. The van der Waals surface area contributed by atoms with Crippen LogP contribution in [0.4, 0.5) is 5.82 Å². The molecule has 0 aromatic carbocycles. The second-order valence-corrected chi connectivity index (χ2v) is 3.47. The molecule has 1 saturated carbocycles. The van der Waals surface area contributed by atoms with E-state index in [-0.39, 0.29) is 0 Å². The van der Waals surface area contributed by atoms with Crippen LogP contribution in [-0.2, 0) is 0 Å². The first-order chi connectivity index (χ1) is 5.25. The number of hydrogen-bond donors (Lipinski definition) is 1. The van der Waals surface area contributed by atoms with Gasteiger partial charge in [-0.05, 0) is 28.8 Å². The molecular formula is C7H8BrN3. The summed E-state index contributed by atoms with van der Waals surface area (Å²) in [6.07, 6.45) is 2.48. The third-order valence-corrected chi connectivity index (χ3v) is 2.09. The Balaban J connectivity index is 2.39. The Labute approximate surface area is 73.2 Å². The van der Waals surface area contributed by atoms with Crippen molar-refractivity contribution in [3.8, 4) is 0 Å². The predicted molar refractivity (Wildman–Crippen MR) is 46.1 cm³/mol. The summed E-state index contributed by atoms with van der Waals surface area (Å²) in [6, 6.07) is 1.85.